The highest BCUT2D eigenvalue weighted by atomic mass is 28.4. The molecule has 0 aliphatic heterocycles. The summed E-state index contributed by atoms with van der Waals surface area (Å²) in [6, 6.07) is 5.83. The van der Waals surface area contributed by atoms with E-state index in [1.54, 1.807) is 12.1 Å². The lowest BCUT2D eigenvalue weighted by molar-refractivity contribution is 0.0541. The monoisotopic (exact) mass is 288 g/mol. The maximum atomic E-state index is 12.8. The van der Waals surface area contributed by atoms with Crippen LogP contribution in [0.15, 0.2) is 24.3 Å². The molecular formula is C13H21FO4Si. The van der Waals surface area contributed by atoms with Crippen molar-refractivity contribution in [1.82, 2.24) is 0 Å². The third-order valence-corrected chi connectivity index (χ3v) is 5.01. The van der Waals surface area contributed by atoms with Crippen LogP contribution in [-0.2, 0) is 13.3 Å². The topological polar surface area (TPSA) is 36.9 Å². The van der Waals surface area contributed by atoms with Crippen molar-refractivity contribution in [3.05, 3.63) is 30.1 Å². The normalized spacial score (nSPS) is 11.6. The van der Waals surface area contributed by atoms with Gasteiger partial charge in [-0.3, -0.25) is 0 Å². The van der Waals surface area contributed by atoms with E-state index in [-0.39, 0.29) is 12.0 Å². The lowest BCUT2D eigenvalue weighted by Gasteiger charge is -2.28. The van der Waals surface area contributed by atoms with Crippen LogP contribution in [0.25, 0.3) is 0 Å². The molecule has 19 heavy (non-hydrogen) atoms. The molecule has 108 valence electrons. The van der Waals surface area contributed by atoms with E-state index >= 15 is 0 Å². The molecule has 1 aromatic rings. The van der Waals surface area contributed by atoms with Gasteiger partial charge in [-0.1, -0.05) is 0 Å². The SMILES string of the molecule is CCO[Si](COc1ccc(F)cc1)(OCC)OCC. The Labute approximate surface area is 114 Å². The number of halogens is 1. The Hall–Kier alpha value is -0.953. The quantitative estimate of drug-likeness (QED) is 0.655. The van der Waals surface area contributed by atoms with Crippen LogP contribution in [0.2, 0.25) is 0 Å². The molecule has 4 nitrogen and oxygen atoms in total. The average molecular weight is 288 g/mol. The molecule has 0 saturated heterocycles. The molecule has 1 rings (SSSR count). The second-order valence-electron chi connectivity index (χ2n) is 3.72. The Morgan fingerprint density at radius 3 is 1.79 bits per heavy atom. The second-order valence-corrected chi connectivity index (χ2v) is 6.25. The number of benzene rings is 1. The number of ether oxygens (including phenoxy) is 1. The van der Waals surface area contributed by atoms with Gasteiger partial charge in [0.1, 0.15) is 11.6 Å². The third kappa shape index (κ3) is 5.28. The molecular weight excluding hydrogens is 267 g/mol. The highest BCUT2D eigenvalue weighted by Crippen LogP contribution is 2.16. The first-order valence-corrected chi connectivity index (χ1v) is 8.39. The van der Waals surface area contributed by atoms with E-state index in [1.165, 1.54) is 12.1 Å². The van der Waals surface area contributed by atoms with Crippen LogP contribution in [0.3, 0.4) is 0 Å². The molecule has 0 spiro atoms. The summed E-state index contributed by atoms with van der Waals surface area (Å²) in [6.07, 6.45) is 0.216. The fourth-order valence-corrected chi connectivity index (χ4v) is 3.78. The minimum Gasteiger partial charge on any atom is -0.489 e. The first kappa shape index (κ1) is 16.1. The van der Waals surface area contributed by atoms with E-state index < -0.39 is 8.80 Å². The molecule has 0 saturated carbocycles. The van der Waals surface area contributed by atoms with Gasteiger partial charge >= 0.3 is 8.80 Å². The van der Waals surface area contributed by atoms with Crippen molar-refractivity contribution >= 4 is 8.80 Å². The van der Waals surface area contributed by atoms with Crippen molar-refractivity contribution in [2.45, 2.75) is 20.8 Å². The lowest BCUT2D eigenvalue weighted by atomic mass is 10.3. The van der Waals surface area contributed by atoms with Gasteiger partial charge in [-0.25, -0.2) is 4.39 Å². The molecule has 0 heterocycles. The summed E-state index contributed by atoms with van der Waals surface area (Å²) in [6.45, 7) is 7.16. The van der Waals surface area contributed by atoms with E-state index in [2.05, 4.69) is 0 Å². The fraction of sp³-hybridized carbons (Fsp3) is 0.538. The number of hydrogen-bond acceptors (Lipinski definition) is 4. The highest BCUT2D eigenvalue weighted by molar-refractivity contribution is 6.60. The van der Waals surface area contributed by atoms with Crippen LogP contribution in [-0.4, -0.2) is 34.9 Å². The van der Waals surface area contributed by atoms with Crippen LogP contribution >= 0.6 is 0 Å². The van der Waals surface area contributed by atoms with Crippen molar-refractivity contribution in [3.8, 4) is 5.75 Å². The molecule has 0 N–H and O–H groups in total. The molecule has 0 amide bonds. The zero-order chi connectivity index (χ0) is 14.1. The molecule has 0 aliphatic carbocycles. The average Bonchev–Trinajstić information content (AvgIpc) is 2.39. The maximum absolute atomic E-state index is 12.8. The molecule has 6 heteroatoms. The van der Waals surface area contributed by atoms with Crippen molar-refractivity contribution in [1.29, 1.82) is 0 Å². The van der Waals surface area contributed by atoms with Gasteiger partial charge in [0, 0.05) is 19.8 Å². The van der Waals surface area contributed by atoms with Gasteiger partial charge in [-0.05, 0) is 45.0 Å². The molecule has 0 aromatic heterocycles. The Kier molecular flexibility index (Phi) is 7.00. The first-order valence-electron chi connectivity index (χ1n) is 6.46. The van der Waals surface area contributed by atoms with Crippen molar-refractivity contribution in [3.63, 3.8) is 0 Å². The molecule has 0 fully saturated rings. The summed E-state index contributed by atoms with van der Waals surface area (Å²) in [5.74, 6) is 0.271. The molecule has 0 bridgehead atoms. The summed E-state index contributed by atoms with van der Waals surface area (Å²) in [5, 5.41) is 0. The molecule has 0 unspecified atom stereocenters. The summed E-state index contributed by atoms with van der Waals surface area (Å²) in [5.41, 5.74) is 0. The molecule has 0 aliphatic rings. The predicted octanol–water partition coefficient (Wildman–Crippen LogP) is 2.79. The van der Waals surface area contributed by atoms with Crippen LogP contribution in [0, 0.1) is 5.82 Å². The van der Waals surface area contributed by atoms with Crippen LogP contribution in [0.4, 0.5) is 4.39 Å². The van der Waals surface area contributed by atoms with Gasteiger partial charge in [0.25, 0.3) is 0 Å². The van der Waals surface area contributed by atoms with Crippen LogP contribution < -0.4 is 4.74 Å². The van der Waals surface area contributed by atoms with Gasteiger partial charge in [-0.2, -0.15) is 0 Å². The summed E-state index contributed by atoms with van der Waals surface area (Å²) >= 11 is 0. The first-order chi connectivity index (χ1) is 9.15. The Morgan fingerprint density at radius 1 is 0.895 bits per heavy atom. The van der Waals surface area contributed by atoms with E-state index in [9.17, 15) is 4.39 Å². The zero-order valence-electron chi connectivity index (χ0n) is 11.6. The van der Waals surface area contributed by atoms with Gasteiger partial charge in [0.15, 0.2) is 6.23 Å². The minimum atomic E-state index is -2.81. The van der Waals surface area contributed by atoms with Crippen LogP contribution in [0.5, 0.6) is 5.75 Å². The van der Waals surface area contributed by atoms with E-state index in [0.29, 0.717) is 25.6 Å². The van der Waals surface area contributed by atoms with Gasteiger partial charge < -0.3 is 18.0 Å². The van der Waals surface area contributed by atoms with E-state index in [0.717, 1.165) is 0 Å². The maximum Gasteiger partial charge on any atom is 0.540 e. The highest BCUT2D eigenvalue weighted by Gasteiger charge is 2.42. The Balaban J connectivity index is 2.67. The molecule has 0 radical (unpaired) electrons. The van der Waals surface area contributed by atoms with Crippen LogP contribution in [0.1, 0.15) is 20.8 Å². The third-order valence-electron chi connectivity index (χ3n) is 2.32. The summed E-state index contributed by atoms with van der Waals surface area (Å²) in [7, 11) is -2.81. The summed E-state index contributed by atoms with van der Waals surface area (Å²) < 4.78 is 35.4. The van der Waals surface area contributed by atoms with Crippen molar-refractivity contribution < 1.29 is 22.4 Å². The predicted molar refractivity (Wildman–Crippen MR) is 72.5 cm³/mol. The Morgan fingerprint density at radius 2 is 1.37 bits per heavy atom. The largest absolute Gasteiger partial charge is 0.540 e. The number of hydrogen-bond donors (Lipinski definition) is 0. The molecule has 0 atom stereocenters. The van der Waals surface area contributed by atoms with E-state index in [1.807, 2.05) is 20.8 Å². The van der Waals surface area contributed by atoms with Gasteiger partial charge in [0.2, 0.25) is 0 Å². The second kappa shape index (κ2) is 8.26. The van der Waals surface area contributed by atoms with Crippen molar-refractivity contribution in [2.75, 3.05) is 26.1 Å². The van der Waals surface area contributed by atoms with E-state index in [4.69, 9.17) is 18.0 Å². The molecule has 1 aromatic carbocycles. The lowest BCUT2D eigenvalue weighted by Crippen LogP contribution is -2.51. The van der Waals surface area contributed by atoms with Gasteiger partial charge in [-0.15, -0.1) is 0 Å². The minimum absolute atomic E-state index is 0.216. The van der Waals surface area contributed by atoms with Gasteiger partial charge in [0.05, 0.1) is 0 Å². The Bertz CT molecular complexity index is 341. The number of rotatable bonds is 9. The zero-order valence-corrected chi connectivity index (χ0v) is 12.6. The van der Waals surface area contributed by atoms with Crippen molar-refractivity contribution in [2.24, 2.45) is 0 Å². The smallest absolute Gasteiger partial charge is 0.489 e. The fourth-order valence-electron chi connectivity index (χ4n) is 1.61. The summed E-state index contributed by atoms with van der Waals surface area (Å²) in [4.78, 5) is 0. The standard InChI is InChI=1S/C13H21FO4Si/c1-4-16-19(17-5-2,18-6-3)11-15-13-9-7-12(14)8-10-13/h7-10H,4-6,11H2,1-3H3.